The Labute approximate surface area is 242 Å². The number of benzene rings is 3. The predicted octanol–water partition coefficient (Wildman–Crippen LogP) is 7.91. The van der Waals surface area contributed by atoms with Crippen LogP contribution >= 0.6 is 27.5 Å². The van der Waals surface area contributed by atoms with E-state index in [2.05, 4.69) is 34.1 Å². The second-order valence-corrected chi connectivity index (χ2v) is 11.3. The fourth-order valence-corrected chi connectivity index (χ4v) is 6.21. The standard InChI is InChI=1S/C32H29BrClN3O2/c1-18-14-21(17-39-29-13-5-4-8-24(29)33)19(2)22(15-18)30-23(16-35)32(36)37(26-10-6-9-25(34)20(26)3)27-11-7-12-28(38)31(27)30/h4-6,8-10,13-15,30H,7,11-12,17,36H2,1-3H3. The fourth-order valence-electron chi connectivity index (χ4n) is 5.64. The second-order valence-electron chi connectivity index (χ2n) is 10.1. The van der Waals surface area contributed by atoms with Gasteiger partial charge in [0.2, 0.25) is 0 Å². The van der Waals surface area contributed by atoms with Crippen molar-refractivity contribution in [2.24, 2.45) is 5.73 Å². The lowest BCUT2D eigenvalue weighted by molar-refractivity contribution is -0.116. The molecule has 1 atom stereocenters. The van der Waals surface area contributed by atoms with Crippen molar-refractivity contribution in [3.05, 3.63) is 115 Å². The summed E-state index contributed by atoms with van der Waals surface area (Å²) in [5.41, 5.74) is 14.2. The maximum Gasteiger partial charge on any atom is 0.161 e. The number of nitrogens with zero attached hydrogens (tertiary/aromatic N) is 2. The number of hydrogen-bond donors (Lipinski definition) is 1. The van der Waals surface area contributed by atoms with Crippen molar-refractivity contribution in [3.8, 4) is 11.8 Å². The van der Waals surface area contributed by atoms with E-state index in [0.717, 1.165) is 55.8 Å². The van der Waals surface area contributed by atoms with E-state index >= 15 is 0 Å². The van der Waals surface area contributed by atoms with Gasteiger partial charge in [-0.1, -0.05) is 47.5 Å². The van der Waals surface area contributed by atoms with Gasteiger partial charge < -0.3 is 10.5 Å². The first-order valence-electron chi connectivity index (χ1n) is 12.9. The molecule has 7 heteroatoms. The van der Waals surface area contributed by atoms with Gasteiger partial charge in [0.25, 0.3) is 0 Å². The molecule has 0 fully saturated rings. The molecule has 5 nitrogen and oxygen atoms in total. The predicted molar refractivity (Wildman–Crippen MR) is 159 cm³/mol. The largest absolute Gasteiger partial charge is 0.488 e. The molecule has 1 heterocycles. The molecule has 1 unspecified atom stereocenters. The van der Waals surface area contributed by atoms with Crippen LogP contribution in [0.1, 0.15) is 53.0 Å². The molecule has 3 aromatic rings. The van der Waals surface area contributed by atoms with Gasteiger partial charge in [-0.3, -0.25) is 9.69 Å². The Morgan fingerprint density at radius 1 is 1.10 bits per heavy atom. The molecule has 1 aliphatic carbocycles. The third-order valence-corrected chi connectivity index (χ3v) is 8.69. The van der Waals surface area contributed by atoms with Crippen LogP contribution in [-0.2, 0) is 11.4 Å². The van der Waals surface area contributed by atoms with Crippen LogP contribution in [0.25, 0.3) is 0 Å². The number of allylic oxidation sites excluding steroid dienone is 3. The van der Waals surface area contributed by atoms with Gasteiger partial charge in [-0.2, -0.15) is 5.26 Å². The van der Waals surface area contributed by atoms with E-state index in [1.165, 1.54) is 0 Å². The van der Waals surface area contributed by atoms with Crippen molar-refractivity contribution >= 4 is 39.0 Å². The molecule has 0 amide bonds. The average molecular weight is 603 g/mol. The minimum atomic E-state index is -0.546. The molecule has 5 rings (SSSR count). The number of ether oxygens (including phenoxy) is 1. The third-order valence-electron chi connectivity index (χ3n) is 7.62. The summed E-state index contributed by atoms with van der Waals surface area (Å²) in [5, 5.41) is 11.1. The quantitative estimate of drug-likeness (QED) is 0.321. The maximum absolute atomic E-state index is 13.6. The monoisotopic (exact) mass is 601 g/mol. The van der Waals surface area contributed by atoms with Crippen LogP contribution in [0.5, 0.6) is 5.75 Å². The fraction of sp³-hybridized carbons (Fsp3) is 0.250. The van der Waals surface area contributed by atoms with Crippen LogP contribution in [0.15, 0.2) is 81.7 Å². The van der Waals surface area contributed by atoms with Gasteiger partial charge in [0.15, 0.2) is 5.78 Å². The lowest BCUT2D eigenvalue weighted by Gasteiger charge is -2.40. The second kappa shape index (κ2) is 10.9. The highest BCUT2D eigenvalue weighted by Gasteiger charge is 2.41. The van der Waals surface area contributed by atoms with Gasteiger partial charge in [-0.25, -0.2) is 0 Å². The van der Waals surface area contributed by atoms with Crippen molar-refractivity contribution < 1.29 is 9.53 Å². The van der Waals surface area contributed by atoms with Crippen LogP contribution in [0, 0.1) is 32.1 Å². The molecule has 39 heavy (non-hydrogen) atoms. The Morgan fingerprint density at radius 3 is 2.62 bits per heavy atom. The molecule has 2 N–H and O–H groups in total. The summed E-state index contributed by atoms with van der Waals surface area (Å²) in [5.74, 6) is 0.599. The summed E-state index contributed by atoms with van der Waals surface area (Å²) in [6.45, 7) is 6.33. The van der Waals surface area contributed by atoms with Crippen molar-refractivity contribution in [1.82, 2.24) is 0 Å². The summed E-state index contributed by atoms with van der Waals surface area (Å²) in [6, 6.07) is 19.9. The molecule has 0 saturated carbocycles. The summed E-state index contributed by atoms with van der Waals surface area (Å²) in [7, 11) is 0. The summed E-state index contributed by atoms with van der Waals surface area (Å²) in [4.78, 5) is 15.5. The first-order chi connectivity index (χ1) is 18.7. The van der Waals surface area contributed by atoms with E-state index < -0.39 is 5.92 Å². The third kappa shape index (κ3) is 4.86. The van der Waals surface area contributed by atoms with Gasteiger partial charge in [-0.05, 0) is 96.1 Å². The molecule has 0 spiro atoms. The highest BCUT2D eigenvalue weighted by atomic mass is 79.9. The molecule has 0 bridgehead atoms. The molecule has 1 aliphatic heterocycles. The van der Waals surface area contributed by atoms with E-state index in [0.29, 0.717) is 41.4 Å². The molecule has 0 saturated heterocycles. The number of nitriles is 1. The van der Waals surface area contributed by atoms with Crippen LogP contribution in [0.2, 0.25) is 5.02 Å². The number of rotatable bonds is 5. The summed E-state index contributed by atoms with van der Waals surface area (Å²) >= 11 is 10.0. The van der Waals surface area contributed by atoms with Gasteiger partial charge in [0.05, 0.1) is 27.7 Å². The first-order valence-corrected chi connectivity index (χ1v) is 14.1. The Hall–Kier alpha value is -3.53. The molecule has 198 valence electrons. The number of Topliss-reactive ketones (excluding diaryl/α,β-unsaturated/α-hetero) is 1. The minimum absolute atomic E-state index is 0.0538. The zero-order valence-electron chi connectivity index (χ0n) is 22.1. The number of anilines is 1. The first kappa shape index (κ1) is 27.1. The number of para-hydroxylation sites is 1. The molecule has 0 radical (unpaired) electrons. The lowest BCUT2D eigenvalue weighted by Crippen LogP contribution is -2.39. The summed E-state index contributed by atoms with van der Waals surface area (Å²) < 4.78 is 7.03. The number of carbonyl (C=O) groups is 1. The van der Waals surface area contributed by atoms with E-state index in [1.807, 2.05) is 68.1 Å². The number of ketones is 1. The topological polar surface area (TPSA) is 79.3 Å². The number of halogens is 2. The van der Waals surface area contributed by atoms with E-state index in [9.17, 15) is 10.1 Å². The summed E-state index contributed by atoms with van der Waals surface area (Å²) in [6.07, 6.45) is 1.86. The van der Waals surface area contributed by atoms with Crippen molar-refractivity contribution in [2.75, 3.05) is 4.90 Å². The number of carbonyl (C=O) groups excluding carboxylic acids is 1. The maximum atomic E-state index is 13.6. The van der Waals surface area contributed by atoms with Crippen molar-refractivity contribution in [3.63, 3.8) is 0 Å². The Kier molecular flexibility index (Phi) is 7.57. The number of aryl methyl sites for hydroxylation is 1. The molecule has 0 aromatic heterocycles. The normalized spacial score (nSPS) is 17.3. The van der Waals surface area contributed by atoms with Gasteiger partial charge in [-0.15, -0.1) is 0 Å². The highest BCUT2D eigenvalue weighted by Crippen LogP contribution is 2.48. The highest BCUT2D eigenvalue weighted by molar-refractivity contribution is 9.10. The van der Waals surface area contributed by atoms with Crippen LogP contribution in [-0.4, -0.2) is 5.78 Å². The van der Waals surface area contributed by atoms with E-state index in [1.54, 1.807) is 0 Å². The molecule has 2 aliphatic rings. The van der Waals surface area contributed by atoms with Crippen LogP contribution in [0.4, 0.5) is 5.69 Å². The van der Waals surface area contributed by atoms with Crippen molar-refractivity contribution in [2.45, 2.75) is 52.6 Å². The Bertz CT molecular complexity index is 1600. The van der Waals surface area contributed by atoms with Gasteiger partial charge in [0.1, 0.15) is 18.2 Å². The van der Waals surface area contributed by atoms with Crippen LogP contribution in [0.3, 0.4) is 0 Å². The number of hydrogen-bond acceptors (Lipinski definition) is 5. The van der Waals surface area contributed by atoms with E-state index in [4.69, 9.17) is 22.1 Å². The average Bonchev–Trinajstić information content (AvgIpc) is 2.91. The molecule has 3 aromatic carbocycles. The molecular formula is C32H29BrClN3O2. The molecular weight excluding hydrogens is 574 g/mol. The minimum Gasteiger partial charge on any atom is -0.488 e. The van der Waals surface area contributed by atoms with E-state index in [-0.39, 0.29) is 5.78 Å². The van der Waals surface area contributed by atoms with Gasteiger partial charge in [0, 0.05) is 22.7 Å². The zero-order valence-corrected chi connectivity index (χ0v) is 24.5. The number of nitrogens with two attached hydrogens (primary N) is 1. The lowest BCUT2D eigenvalue weighted by atomic mass is 9.73. The van der Waals surface area contributed by atoms with Gasteiger partial charge >= 0.3 is 0 Å². The Morgan fingerprint density at radius 2 is 1.87 bits per heavy atom. The smallest absolute Gasteiger partial charge is 0.161 e. The SMILES string of the molecule is Cc1cc(COc2ccccc2Br)c(C)c(C2C(C#N)=C(N)N(c3cccc(Cl)c3C)C3=C2C(=O)CCC3)c1. The Balaban J connectivity index is 1.66. The van der Waals surface area contributed by atoms with Crippen molar-refractivity contribution in [1.29, 1.82) is 5.26 Å². The van der Waals surface area contributed by atoms with Crippen LogP contribution < -0.4 is 15.4 Å². The zero-order chi connectivity index (χ0) is 27.8.